The Bertz CT molecular complexity index is 1180. The number of halogens is 3. The number of hydrogen-bond acceptors (Lipinski definition) is 6. The van der Waals surface area contributed by atoms with Gasteiger partial charge in [0.05, 0.1) is 5.56 Å². The van der Waals surface area contributed by atoms with E-state index in [9.17, 15) is 22.8 Å². The molecule has 2 amide bonds. The van der Waals surface area contributed by atoms with Crippen LogP contribution in [0.3, 0.4) is 0 Å². The minimum Gasteiger partial charge on any atom is -0.298 e. The Labute approximate surface area is 190 Å². The van der Waals surface area contributed by atoms with Crippen molar-refractivity contribution >= 4 is 35.2 Å². The summed E-state index contributed by atoms with van der Waals surface area (Å²) in [4.78, 5) is 24.7. The van der Waals surface area contributed by atoms with Gasteiger partial charge in [-0.25, -0.2) is 0 Å². The van der Waals surface area contributed by atoms with Crippen LogP contribution in [0.1, 0.15) is 11.1 Å². The first-order chi connectivity index (χ1) is 15.7. The van der Waals surface area contributed by atoms with Gasteiger partial charge >= 0.3 is 6.18 Å². The number of hydrazine groups is 1. The van der Waals surface area contributed by atoms with E-state index < -0.39 is 30.1 Å². The summed E-state index contributed by atoms with van der Waals surface area (Å²) in [5.41, 5.74) is 4.18. The molecule has 0 aliphatic rings. The summed E-state index contributed by atoms with van der Waals surface area (Å²) in [6.45, 7) is -0.460. The first kappa shape index (κ1) is 23.5. The fourth-order valence-electron chi connectivity index (χ4n) is 2.56. The molecule has 0 saturated carbocycles. The largest absolute Gasteiger partial charge is 0.417 e. The second-order valence-electron chi connectivity index (χ2n) is 6.42. The highest BCUT2D eigenvalue weighted by Gasteiger charge is 2.34. The van der Waals surface area contributed by atoms with Gasteiger partial charge in [-0.15, -0.1) is 10.2 Å². The lowest BCUT2D eigenvalue weighted by atomic mass is 10.1. The maximum atomic E-state index is 13.2. The number of tetrazole rings is 1. The van der Waals surface area contributed by atoms with Gasteiger partial charge < -0.3 is 0 Å². The second-order valence-corrected chi connectivity index (χ2v) is 6.83. The molecule has 1 heterocycles. The topological polar surface area (TPSA) is 114 Å². The van der Waals surface area contributed by atoms with E-state index in [4.69, 9.17) is 12.2 Å². The van der Waals surface area contributed by atoms with Crippen molar-refractivity contribution in [2.75, 3.05) is 0 Å². The highest BCUT2D eigenvalue weighted by molar-refractivity contribution is 7.80. The number of carbonyl (C=O) groups is 2. The van der Waals surface area contributed by atoms with Gasteiger partial charge in [0, 0.05) is 11.6 Å². The Hall–Kier alpha value is -4.13. The van der Waals surface area contributed by atoms with Gasteiger partial charge in [0.2, 0.25) is 11.7 Å². The van der Waals surface area contributed by atoms with Crippen LogP contribution in [-0.2, 0) is 22.3 Å². The Kier molecular flexibility index (Phi) is 7.46. The van der Waals surface area contributed by atoms with Crippen molar-refractivity contribution in [3.63, 3.8) is 0 Å². The monoisotopic (exact) mass is 475 g/mol. The van der Waals surface area contributed by atoms with Crippen LogP contribution in [-0.4, -0.2) is 37.1 Å². The number of rotatable bonds is 5. The third-order valence-corrected chi connectivity index (χ3v) is 4.19. The summed E-state index contributed by atoms with van der Waals surface area (Å²) < 4.78 is 39.5. The van der Waals surface area contributed by atoms with Crippen molar-refractivity contribution in [1.82, 2.24) is 36.4 Å². The van der Waals surface area contributed by atoms with Gasteiger partial charge in [0.25, 0.3) is 5.91 Å². The maximum Gasteiger partial charge on any atom is 0.417 e. The number of alkyl halides is 3. The molecule has 0 aliphatic carbocycles. The van der Waals surface area contributed by atoms with Crippen LogP contribution in [0.25, 0.3) is 17.5 Å². The molecule has 0 unspecified atom stereocenters. The van der Waals surface area contributed by atoms with Gasteiger partial charge in [-0.05, 0) is 35.1 Å². The molecule has 3 rings (SSSR count). The van der Waals surface area contributed by atoms with E-state index in [-0.39, 0.29) is 16.5 Å². The van der Waals surface area contributed by atoms with Crippen molar-refractivity contribution in [2.45, 2.75) is 12.7 Å². The number of thiocarbonyl (C=S) groups is 1. The van der Waals surface area contributed by atoms with Crippen molar-refractivity contribution in [3.8, 4) is 11.4 Å². The van der Waals surface area contributed by atoms with E-state index in [1.165, 1.54) is 24.3 Å². The average molecular weight is 475 g/mol. The van der Waals surface area contributed by atoms with Gasteiger partial charge in [0.15, 0.2) is 5.11 Å². The number of carbonyl (C=O) groups excluding carboxylic acids is 2. The van der Waals surface area contributed by atoms with Crippen molar-refractivity contribution in [1.29, 1.82) is 0 Å². The quantitative estimate of drug-likeness (QED) is 0.294. The lowest BCUT2D eigenvalue weighted by Gasteiger charge is -2.10. The number of benzene rings is 2. The lowest BCUT2D eigenvalue weighted by molar-refractivity contribution is -0.137. The van der Waals surface area contributed by atoms with Crippen LogP contribution in [0, 0.1) is 0 Å². The smallest absolute Gasteiger partial charge is 0.298 e. The highest BCUT2D eigenvalue weighted by atomic mass is 32.1. The molecule has 1 aromatic heterocycles. The van der Waals surface area contributed by atoms with Crippen LogP contribution >= 0.6 is 12.2 Å². The molecule has 170 valence electrons. The molecule has 0 radical (unpaired) electrons. The second kappa shape index (κ2) is 10.5. The van der Waals surface area contributed by atoms with E-state index in [2.05, 4.69) is 31.6 Å². The Morgan fingerprint density at radius 1 is 1.03 bits per heavy atom. The zero-order chi connectivity index (χ0) is 23.8. The van der Waals surface area contributed by atoms with Crippen LogP contribution in [0.2, 0.25) is 0 Å². The Balaban J connectivity index is 1.50. The molecule has 3 N–H and O–H groups in total. The molecule has 0 spiro atoms. The zero-order valence-corrected chi connectivity index (χ0v) is 17.5. The van der Waals surface area contributed by atoms with Crippen molar-refractivity contribution < 1.29 is 22.8 Å². The van der Waals surface area contributed by atoms with Gasteiger partial charge in [-0.1, -0.05) is 48.5 Å². The fraction of sp³-hybridized carbons (Fsp3) is 0.100. The van der Waals surface area contributed by atoms with E-state index in [1.54, 1.807) is 6.08 Å². The van der Waals surface area contributed by atoms with Gasteiger partial charge in [-0.3, -0.25) is 25.8 Å². The summed E-state index contributed by atoms with van der Waals surface area (Å²) >= 11 is 4.91. The van der Waals surface area contributed by atoms with Crippen LogP contribution in [0.4, 0.5) is 13.2 Å². The predicted octanol–water partition coefficient (Wildman–Crippen LogP) is 2.09. The Morgan fingerprint density at radius 2 is 1.73 bits per heavy atom. The van der Waals surface area contributed by atoms with Gasteiger partial charge in [-0.2, -0.15) is 18.0 Å². The van der Waals surface area contributed by atoms with E-state index >= 15 is 0 Å². The maximum absolute atomic E-state index is 13.2. The Morgan fingerprint density at radius 3 is 2.45 bits per heavy atom. The molecule has 13 heteroatoms. The summed E-state index contributed by atoms with van der Waals surface area (Å²) in [6, 6.07) is 13.9. The number of amides is 2. The summed E-state index contributed by atoms with van der Waals surface area (Å²) in [5.74, 6) is -1.48. The highest BCUT2D eigenvalue weighted by Crippen LogP contribution is 2.35. The van der Waals surface area contributed by atoms with E-state index in [0.717, 1.165) is 16.4 Å². The van der Waals surface area contributed by atoms with Crippen LogP contribution in [0.5, 0.6) is 0 Å². The zero-order valence-electron chi connectivity index (χ0n) is 16.7. The first-order valence-corrected chi connectivity index (χ1v) is 9.70. The van der Waals surface area contributed by atoms with Crippen molar-refractivity contribution in [2.24, 2.45) is 0 Å². The molecule has 0 fully saturated rings. The third-order valence-electron chi connectivity index (χ3n) is 3.99. The molecule has 3 aromatic rings. The van der Waals surface area contributed by atoms with Crippen LogP contribution in [0.15, 0.2) is 60.7 Å². The number of hydrogen-bond donors (Lipinski definition) is 3. The van der Waals surface area contributed by atoms with E-state index in [1.807, 2.05) is 30.3 Å². The molecular formula is C20H16F3N7O2S. The molecule has 2 aromatic carbocycles. The molecule has 33 heavy (non-hydrogen) atoms. The molecule has 0 aliphatic heterocycles. The molecule has 0 saturated heterocycles. The first-order valence-electron chi connectivity index (χ1n) is 9.30. The summed E-state index contributed by atoms with van der Waals surface area (Å²) in [5, 5.41) is 13.2. The molecule has 0 atom stereocenters. The standard InChI is InChI=1S/C20H16F3N7O2S/c21-20(22,23)15-9-5-4-8-14(15)18-26-29-30(28-18)12-17(32)25-27-19(33)24-16(31)11-10-13-6-2-1-3-7-13/h1-11H,12H2,(H,25,32)(H2,24,27,31,33). The lowest BCUT2D eigenvalue weighted by Crippen LogP contribution is -2.49. The normalized spacial score (nSPS) is 11.2. The predicted molar refractivity (Wildman–Crippen MR) is 116 cm³/mol. The van der Waals surface area contributed by atoms with Crippen LogP contribution < -0.4 is 16.2 Å². The molecule has 9 nitrogen and oxygen atoms in total. The molecule has 0 bridgehead atoms. The number of nitrogens with zero attached hydrogens (tertiary/aromatic N) is 4. The average Bonchev–Trinajstić information content (AvgIpc) is 3.25. The van der Waals surface area contributed by atoms with Crippen molar-refractivity contribution in [3.05, 3.63) is 71.8 Å². The molecular weight excluding hydrogens is 459 g/mol. The minimum absolute atomic E-state index is 0.169. The summed E-state index contributed by atoms with van der Waals surface area (Å²) in [7, 11) is 0. The number of nitrogens with one attached hydrogen (secondary N) is 3. The minimum atomic E-state index is -4.60. The van der Waals surface area contributed by atoms with Gasteiger partial charge in [0.1, 0.15) is 6.54 Å². The van der Waals surface area contributed by atoms with E-state index in [0.29, 0.717) is 0 Å². The SMILES string of the molecule is O=C(C=Cc1ccccc1)NC(=S)NNC(=O)Cn1nnc(-c2ccccc2C(F)(F)F)n1. The number of aromatic nitrogens is 4. The fourth-order valence-corrected chi connectivity index (χ4v) is 2.71. The third kappa shape index (κ3) is 6.93. The summed E-state index contributed by atoms with van der Waals surface area (Å²) in [6.07, 6.45) is -1.74.